The molecule has 4 fully saturated rings. The molecule has 42 valence electrons. The number of rotatable bonds is 0. The van der Waals surface area contributed by atoms with Crippen molar-refractivity contribution in [2.24, 2.45) is 23.7 Å². The van der Waals surface area contributed by atoms with Crippen LogP contribution in [0.2, 0.25) is 0 Å². The van der Waals surface area contributed by atoms with Crippen LogP contribution in [0.3, 0.4) is 0 Å². The fourth-order valence-electron chi connectivity index (χ4n) is 2.46. The van der Waals surface area contributed by atoms with E-state index in [9.17, 15) is 4.79 Å². The fourth-order valence-corrected chi connectivity index (χ4v) is 2.46. The molecule has 0 aromatic heterocycles. The van der Waals surface area contributed by atoms with E-state index in [2.05, 4.69) is 0 Å². The monoisotopic (exact) mass is 108 g/mol. The van der Waals surface area contributed by atoms with Gasteiger partial charge in [0.25, 0.3) is 0 Å². The molecule has 0 aromatic carbocycles. The van der Waals surface area contributed by atoms with Crippen LogP contribution in [0, 0.1) is 23.7 Å². The molecule has 4 rings (SSSR count). The molecule has 1 nitrogen and oxygen atoms in total. The molecule has 0 amide bonds. The van der Waals surface area contributed by atoms with Crippen molar-refractivity contribution in [2.75, 3.05) is 0 Å². The zero-order valence-electron chi connectivity index (χ0n) is 4.63. The van der Waals surface area contributed by atoms with Crippen LogP contribution < -0.4 is 0 Å². The van der Waals surface area contributed by atoms with Gasteiger partial charge >= 0.3 is 0 Å². The van der Waals surface area contributed by atoms with Gasteiger partial charge in [0.15, 0.2) is 0 Å². The lowest BCUT2D eigenvalue weighted by atomic mass is 9.87. The van der Waals surface area contributed by atoms with E-state index >= 15 is 0 Å². The van der Waals surface area contributed by atoms with Crippen LogP contribution in [0.5, 0.6) is 0 Å². The van der Waals surface area contributed by atoms with Crippen molar-refractivity contribution in [1.29, 1.82) is 0 Å². The van der Waals surface area contributed by atoms with E-state index in [0.717, 1.165) is 24.2 Å². The van der Waals surface area contributed by atoms with Gasteiger partial charge < -0.3 is 0 Å². The van der Waals surface area contributed by atoms with Crippen molar-refractivity contribution in [3.63, 3.8) is 0 Å². The van der Waals surface area contributed by atoms with E-state index in [1.165, 1.54) is 6.42 Å². The van der Waals surface area contributed by atoms with Crippen LogP contribution in [0.25, 0.3) is 0 Å². The quantitative estimate of drug-likeness (QED) is 0.449. The molecule has 1 heteroatoms. The molecule has 4 saturated carbocycles. The number of hydrogen-bond donors (Lipinski definition) is 0. The summed E-state index contributed by atoms with van der Waals surface area (Å²) < 4.78 is 0. The number of fused-ring (bicyclic) bond motifs is 2. The van der Waals surface area contributed by atoms with Crippen molar-refractivity contribution < 1.29 is 4.79 Å². The first-order valence-electron chi connectivity index (χ1n) is 3.42. The molecular weight excluding hydrogens is 100 g/mol. The SMILES string of the molecule is O=C1CCC2[C@@H]3C1[C@@H]23. The lowest BCUT2D eigenvalue weighted by Gasteiger charge is -2.16. The van der Waals surface area contributed by atoms with E-state index in [-0.39, 0.29) is 0 Å². The number of hydrogen-bond acceptors (Lipinski definition) is 1. The highest BCUT2D eigenvalue weighted by Crippen LogP contribution is 2.77. The molecule has 4 aliphatic carbocycles. The predicted molar refractivity (Wildman–Crippen MR) is 28.2 cm³/mol. The molecule has 8 heavy (non-hydrogen) atoms. The number of Topliss-reactive ketones (excluding diaryl/α,β-unsaturated/α-hetero) is 1. The van der Waals surface area contributed by atoms with Gasteiger partial charge in [0.05, 0.1) is 0 Å². The van der Waals surface area contributed by atoms with Gasteiger partial charge in [-0.15, -0.1) is 0 Å². The van der Waals surface area contributed by atoms with Crippen molar-refractivity contribution in [2.45, 2.75) is 12.8 Å². The molecule has 2 bridgehead atoms. The van der Waals surface area contributed by atoms with Crippen LogP contribution in [-0.4, -0.2) is 5.78 Å². The van der Waals surface area contributed by atoms with Gasteiger partial charge in [0.2, 0.25) is 0 Å². The summed E-state index contributed by atoms with van der Waals surface area (Å²) in [7, 11) is 0. The lowest BCUT2D eigenvalue weighted by molar-refractivity contribution is -0.124. The van der Waals surface area contributed by atoms with Crippen LogP contribution in [-0.2, 0) is 4.79 Å². The molecule has 0 unspecified atom stereocenters. The standard InChI is InChI=1S/C7H8O/c8-4-2-1-3-5-6(3)7(4)5/h3,5-7H,1-2H2/t3?,5-,6-,7?/m0/s1. The van der Waals surface area contributed by atoms with Gasteiger partial charge in [0, 0.05) is 12.3 Å². The van der Waals surface area contributed by atoms with E-state index in [1.807, 2.05) is 0 Å². The average molecular weight is 108 g/mol. The Balaban J connectivity index is 1.98. The van der Waals surface area contributed by atoms with Crippen LogP contribution in [0.1, 0.15) is 12.8 Å². The third-order valence-electron chi connectivity index (χ3n) is 3.08. The summed E-state index contributed by atoms with van der Waals surface area (Å²) in [4.78, 5) is 10.9. The van der Waals surface area contributed by atoms with Gasteiger partial charge in [-0.2, -0.15) is 0 Å². The lowest BCUT2D eigenvalue weighted by Crippen LogP contribution is -2.19. The Morgan fingerprint density at radius 3 is 2.50 bits per heavy atom. The smallest absolute Gasteiger partial charge is 0.136 e. The Morgan fingerprint density at radius 2 is 2.12 bits per heavy atom. The minimum Gasteiger partial charge on any atom is -0.299 e. The minimum absolute atomic E-state index is 0.572. The second-order valence-corrected chi connectivity index (χ2v) is 3.35. The Hall–Kier alpha value is -0.330. The molecule has 2 atom stereocenters. The summed E-state index contributed by atoms with van der Waals surface area (Å²) >= 11 is 0. The summed E-state index contributed by atoms with van der Waals surface area (Å²) in [6.07, 6.45) is 2.13. The van der Waals surface area contributed by atoms with E-state index in [4.69, 9.17) is 0 Å². The summed E-state index contributed by atoms with van der Waals surface area (Å²) in [6, 6.07) is 0. The highest BCUT2D eigenvalue weighted by Gasteiger charge is 2.77. The Labute approximate surface area is 48.1 Å². The number of carbonyl (C=O) groups excluding carboxylic acids is 1. The largest absolute Gasteiger partial charge is 0.299 e. The molecule has 0 N–H and O–H groups in total. The van der Waals surface area contributed by atoms with Crippen molar-refractivity contribution in [3.8, 4) is 0 Å². The Kier molecular flexibility index (Phi) is 0.352. The molecule has 4 aliphatic rings. The topological polar surface area (TPSA) is 17.1 Å². The van der Waals surface area contributed by atoms with Crippen molar-refractivity contribution in [3.05, 3.63) is 0 Å². The molecule has 0 aliphatic heterocycles. The summed E-state index contributed by atoms with van der Waals surface area (Å²) in [5.74, 6) is 4.02. The van der Waals surface area contributed by atoms with E-state index in [1.54, 1.807) is 0 Å². The zero-order chi connectivity index (χ0) is 5.30. The maximum Gasteiger partial charge on any atom is 0.136 e. The molecule has 0 aromatic rings. The minimum atomic E-state index is 0.572. The summed E-state index contributed by atoms with van der Waals surface area (Å²) in [5.41, 5.74) is 0. The normalized spacial score (nSPS) is 64.8. The number of carbonyl (C=O) groups is 1. The fraction of sp³-hybridized carbons (Fsp3) is 0.857. The summed E-state index contributed by atoms with van der Waals surface area (Å²) in [5, 5.41) is 0. The van der Waals surface area contributed by atoms with Crippen LogP contribution in [0.15, 0.2) is 0 Å². The Bertz CT molecular complexity index is 163. The zero-order valence-corrected chi connectivity index (χ0v) is 4.63. The van der Waals surface area contributed by atoms with Gasteiger partial charge in [-0.25, -0.2) is 0 Å². The van der Waals surface area contributed by atoms with Crippen LogP contribution in [0.4, 0.5) is 0 Å². The van der Waals surface area contributed by atoms with Crippen molar-refractivity contribution >= 4 is 5.78 Å². The molecule has 0 heterocycles. The first kappa shape index (κ1) is 3.65. The van der Waals surface area contributed by atoms with Gasteiger partial charge in [0.1, 0.15) is 5.78 Å². The third kappa shape index (κ3) is 0.203. The molecule has 0 saturated heterocycles. The second-order valence-electron chi connectivity index (χ2n) is 3.35. The molecular formula is C7H8O. The second kappa shape index (κ2) is 0.772. The predicted octanol–water partition coefficient (Wildman–Crippen LogP) is 0.841. The highest BCUT2D eigenvalue weighted by molar-refractivity contribution is 5.88. The van der Waals surface area contributed by atoms with E-state index in [0.29, 0.717) is 11.7 Å². The molecule has 0 spiro atoms. The van der Waals surface area contributed by atoms with Gasteiger partial charge in [-0.1, -0.05) is 0 Å². The number of ketones is 1. The first-order chi connectivity index (χ1) is 3.89. The van der Waals surface area contributed by atoms with Crippen LogP contribution >= 0.6 is 0 Å². The van der Waals surface area contributed by atoms with Gasteiger partial charge in [-0.3, -0.25) is 4.79 Å². The van der Waals surface area contributed by atoms with Crippen molar-refractivity contribution in [1.82, 2.24) is 0 Å². The molecule has 0 radical (unpaired) electrons. The summed E-state index contributed by atoms with van der Waals surface area (Å²) in [6.45, 7) is 0. The maximum atomic E-state index is 10.9. The first-order valence-corrected chi connectivity index (χ1v) is 3.42. The Morgan fingerprint density at radius 1 is 1.38 bits per heavy atom. The maximum absolute atomic E-state index is 10.9. The van der Waals surface area contributed by atoms with E-state index < -0.39 is 0 Å². The average Bonchev–Trinajstić information content (AvgIpc) is 2.48. The van der Waals surface area contributed by atoms with Gasteiger partial charge in [-0.05, 0) is 24.2 Å². The highest BCUT2D eigenvalue weighted by atomic mass is 16.1. The third-order valence-corrected chi connectivity index (χ3v) is 3.08.